The Hall–Kier alpha value is -2.89. The topological polar surface area (TPSA) is 61.4 Å². The van der Waals surface area contributed by atoms with E-state index in [0.717, 1.165) is 5.56 Å². The summed E-state index contributed by atoms with van der Waals surface area (Å²) >= 11 is 0. The third kappa shape index (κ3) is 6.63. The van der Waals surface area contributed by atoms with Crippen molar-refractivity contribution in [1.29, 1.82) is 0 Å². The molecule has 0 unspecified atom stereocenters. The highest BCUT2D eigenvalue weighted by Gasteiger charge is 2.09. The van der Waals surface area contributed by atoms with Crippen molar-refractivity contribution in [1.82, 2.24) is 10.2 Å². The second-order valence-electron chi connectivity index (χ2n) is 5.63. The summed E-state index contributed by atoms with van der Waals surface area (Å²) in [6.45, 7) is 2.78. The van der Waals surface area contributed by atoms with Gasteiger partial charge in [-0.05, 0) is 36.2 Å². The van der Waals surface area contributed by atoms with Gasteiger partial charge in [0.1, 0.15) is 5.82 Å². The number of benzene rings is 2. The molecule has 0 atom stereocenters. The van der Waals surface area contributed by atoms with Crippen LogP contribution in [0.25, 0.3) is 0 Å². The van der Waals surface area contributed by atoms with E-state index >= 15 is 0 Å². The summed E-state index contributed by atoms with van der Waals surface area (Å²) in [5.74, 6) is -0.340. The van der Waals surface area contributed by atoms with Crippen LogP contribution in [0.3, 0.4) is 0 Å². The summed E-state index contributed by atoms with van der Waals surface area (Å²) in [7, 11) is 0. The number of amides is 3. The van der Waals surface area contributed by atoms with Gasteiger partial charge in [0.15, 0.2) is 0 Å². The Morgan fingerprint density at radius 2 is 1.68 bits per heavy atom. The quantitative estimate of drug-likeness (QED) is 0.812. The number of halogens is 1. The van der Waals surface area contributed by atoms with Gasteiger partial charge in [-0.3, -0.25) is 4.79 Å². The molecule has 0 aromatic heterocycles. The largest absolute Gasteiger partial charge is 0.341 e. The monoisotopic (exact) mass is 343 g/mol. The number of rotatable bonds is 7. The van der Waals surface area contributed by atoms with Gasteiger partial charge in [0.25, 0.3) is 0 Å². The Morgan fingerprint density at radius 1 is 1.00 bits per heavy atom. The van der Waals surface area contributed by atoms with Crippen LogP contribution in [0.15, 0.2) is 54.6 Å². The molecule has 2 aromatic carbocycles. The first kappa shape index (κ1) is 18.4. The molecule has 0 saturated heterocycles. The van der Waals surface area contributed by atoms with E-state index in [1.807, 2.05) is 18.2 Å². The van der Waals surface area contributed by atoms with Gasteiger partial charge in [0.2, 0.25) is 5.91 Å². The average Bonchev–Trinajstić information content (AvgIpc) is 2.60. The summed E-state index contributed by atoms with van der Waals surface area (Å²) in [6, 6.07) is 15.0. The molecule has 0 aliphatic heterocycles. The molecule has 6 heteroatoms. The predicted molar refractivity (Wildman–Crippen MR) is 95.8 cm³/mol. The first-order chi connectivity index (χ1) is 12.0. The van der Waals surface area contributed by atoms with Crippen LogP contribution in [0.2, 0.25) is 0 Å². The van der Waals surface area contributed by atoms with Gasteiger partial charge in [-0.25, -0.2) is 9.18 Å². The fraction of sp³-hybridized carbons (Fsp3) is 0.263. The van der Waals surface area contributed by atoms with E-state index in [1.165, 1.54) is 19.1 Å². The van der Waals surface area contributed by atoms with Crippen molar-refractivity contribution in [2.24, 2.45) is 0 Å². The van der Waals surface area contributed by atoms with E-state index < -0.39 is 0 Å². The standard InChI is InChI=1S/C19H22FN3O2/c1-15(24)23(13-11-16-7-9-17(20)10-8-16)14-12-21-19(25)22-18-5-3-2-4-6-18/h2-10H,11-14H2,1H3,(H2,21,22,25). The van der Waals surface area contributed by atoms with Crippen LogP contribution in [-0.4, -0.2) is 36.5 Å². The second-order valence-corrected chi connectivity index (χ2v) is 5.63. The molecule has 0 bridgehead atoms. The van der Waals surface area contributed by atoms with Gasteiger partial charge in [-0.2, -0.15) is 0 Å². The molecule has 0 saturated carbocycles. The second kappa shape index (κ2) is 9.42. The highest BCUT2D eigenvalue weighted by atomic mass is 19.1. The zero-order valence-electron chi connectivity index (χ0n) is 14.2. The average molecular weight is 343 g/mol. The molecule has 5 nitrogen and oxygen atoms in total. The van der Waals surface area contributed by atoms with Crippen LogP contribution in [-0.2, 0) is 11.2 Å². The third-order valence-corrected chi connectivity index (χ3v) is 3.73. The Bertz CT molecular complexity index is 690. The first-order valence-electron chi connectivity index (χ1n) is 8.14. The number of nitrogens with one attached hydrogen (secondary N) is 2. The van der Waals surface area contributed by atoms with Crippen molar-refractivity contribution < 1.29 is 14.0 Å². The van der Waals surface area contributed by atoms with Gasteiger partial charge in [0, 0.05) is 32.2 Å². The van der Waals surface area contributed by atoms with Crippen molar-refractivity contribution in [2.75, 3.05) is 25.0 Å². The van der Waals surface area contributed by atoms with Crippen molar-refractivity contribution >= 4 is 17.6 Å². The molecule has 132 valence electrons. The van der Waals surface area contributed by atoms with Crippen LogP contribution in [0, 0.1) is 5.82 Å². The van der Waals surface area contributed by atoms with Gasteiger partial charge in [0.05, 0.1) is 0 Å². The minimum absolute atomic E-state index is 0.0626. The number of para-hydroxylation sites is 1. The van der Waals surface area contributed by atoms with E-state index in [1.54, 1.807) is 29.2 Å². The molecule has 0 aliphatic rings. The lowest BCUT2D eigenvalue weighted by molar-refractivity contribution is -0.128. The third-order valence-electron chi connectivity index (χ3n) is 3.73. The van der Waals surface area contributed by atoms with E-state index in [4.69, 9.17) is 0 Å². The molecule has 2 aromatic rings. The molecule has 0 radical (unpaired) electrons. The number of urea groups is 1. The summed E-state index contributed by atoms with van der Waals surface area (Å²) < 4.78 is 12.9. The van der Waals surface area contributed by atoms with Gasteiger partial charge < -0.3 is 15.5 Å². The molecule has 2 N–H and O–H groups in total. The Labute approximate surface area is 146 Å². The number of nitrogens with zero attached hydrogens (tertiary/aromatic N) is 1. The number of hydrogen-bond acceptors (Lipinski definition) is 2. The molecule has 0 heterocycles. The number of hydrogen-bond donors (Lipinski definition) is 2. The molecule has 0 fully saturated rings. The minimum atomic E-state index is -0.312. The Kier molecular flexibility index (Phi) is 6.95. The van der Waals surface area contributed by atoms with Crippen LogP contribution in [0.1, 0.15) is 12.5 Å². The van der Waals surface area contributed by atoms with Gasteiger partial charge >= 0.3 is 6.03 Å². The first-order valence-corrected chi connectivity index (χ1v) is 8.14. The lowest BCUT2D eigenvalue weighted by Crippen LogP contribution is -2.39. The van der Waals surface area contributed by atoms with E-state index in [2.05, 4.69) is 10.6 Å². The highest BCUT2D eigenvalue weighted by Crippen LogP contribution is 2.05. The molecular formula is C19H22FN3O2. The SMILES string of the molecule is CC(=O)N(CCNC(=O)Nc1ccccc1)CCc1ccc(F)cc1. The van der Waals surface area contributed by atoms with Crippen LogP contribution in [0.4, 0.5) is 14.9 Å². The summed E-state index contributed by atoms with van der Waals surface area (Å²) in [4.78, 5) is 25.2. The minimum Gasteiger partial charge on any atom is -0.341 e. The smallest absolute Gasteiger partial charge is 0.319 e. The lowest BCUT2D eigenvalue weighted by atomic mass is 10.1. The summed E-state index contributed by atoms with van der Waals surface area (Å²) in [5.41, 5.74) is 1.67. The maximum Gasteiger partial charge on any atom is 0.319 e. The summed E-state index contributed by atoms with van der Waals surface area (Å²) in [6.07, 6.45) is 0.635. The fourth-order valence-corrected chi connectivity index (χ4v) is 2.34. The van der Waals surface area contributed by atoms with Crippen molar-refractivity contribution in [3.8, 4) is 0 Å². The highest BCUT2D eigenvalue weighted by molar-refractivity contribution is 5.89. The molecule has 0 spiro atoms. The number of carbonyl (C=O) groups is 2. The molecule has 2 rings (SSSR count). The van der Waals surface area contributed by atoms with E-state index in [-0.39, 0.29) is 17.8 Å². The van der Waals surface area contributed by atoms with Crippen LogP contribution >= 0.6 is 0 Å². The van der Waals surface area contributed by atoms with Crippen molar-refractivity contribution in [3.63, 3.8) is 0 Å². The number of anilines is 1. The Balaban J connectivity index is 1.74. The van der Waals surface area contributed by atoms with Gasteiger partial charge in [-0.15, -0.1) is 0 Å². The van der Waals surface area contributed by atoms with Crippen molar-refractivity contribution in [3.05, 3.63) is 66.0 Å². The zero-order chi connectivity index (χ0) is 18.1. The Morgan fingerprint density at radius 3 is 2.32 bits per heavy atom. The zero-order valence-corrected chi connectivity index (χ0v) is 14.2. The lowest BCUT2D eigenvalue weighted by Gasteiger charge is -2.21. The normalized spacial score (nSPS) is 10.2. The maximum atomic E-state index is 12.9. The fourth-order valence-electron chi connectivity index (χ4n) is 2.34. The van der Waals surface area contributed by atoms with Crippen LogP contribution < -0.4 is 10.6 Å². The molecule has 0 aliphatic carbocycles. The van der Waals surface area contributed by atoms with E-state index in [9.17, 15) is 14.0 Å². The van der Waals surface area contributed by atoms with Gasteiger partial charge in [-0.1, -0.05) is 30.3 Å². The number of carbonyl (C=O) groups excluding carboxylic acids is 2. The molecule has 25 heavy (non-hydrogen) atoms. The van der Waals surface area contributed by atoms with Crippen LogP contribution in [0.5, 0.6) is 0 Å². The molecule has 3 amide bonds. The maximum absolute atomic E-state index is 12.9. The predicted octanol–water partition coefficient (Wildman–Crippen LogP) is 3.04. The summed E-state index contributed by atoms with van der Waals surface area (Å²) in [5, 5.41) is 5.45. The van der Waals surface area contributed by atoms with Crippen molar-refractivity contribution in [2.45, 2.75) is 13.3 Å². The van der Waals surface area contributed by atoms with E-state index in [0.29, 0.717) is 31.7 Å². The molecular weight excluding hydrogens is 321 g/mol.